The highest BCUT2D eigenvalue weighted by molar-refractivity contribution is 7.89. The van der Waals surface area contributed by atoms with Gasteiger partial charge in [0.1, 0.15) is 5.82 Å². The Morgan fingerprint density at radius 3 is 2.19 bits per heavy atom. The van der Waals surface area contributed by atoms with Gasteiger partial charge in [-0.1, -0.05) is 13.8 Å². The summed E-state index contributed by atoms with van der Waals surface area (Å²) in [5.41, 5.74) is 1.22. The van der Waals surface area contributed by atoms with E-state index in [2.05, 4.69) is 10.6 Å². The Kier molecular flexibility index (Phi) is 6.92. The van der Waals surface area contributed by atoms with Crippen molar-refractivity contribution in [3.63, 3.8) is 0 Å². The zero-order valence-electron chi connectivity index (χ0n) is 15.6. The highest BCUT2D eigenvalue weighted by Gasteiger charge is 2.23. The van der Waals surface area contributed by atoms with Crippen LogP contribution in [0.25, 0.3) is 0 Å². The molecule has 6 nitrogen and oxygen atoms in total. The number of hydrogen-bond donors (Lipinski definition) is 2. The van der Waals surface area contributed by atoms with Gasteiger partial charge < -0.3 is 10.6 Å². The zero-order chi connectivity index (χ0) is 20.0. The number of carbonyl (C=O) groups excluding carboxylic acids is 1. The second kappa shape index (κ2) is 8.96. The van der Waals surface area contributed by atoms with Crippen molar-refractivity contribution in [1.82, 2.24) is 4.31 Å². The van der Waals surface area contributed by atoms with E-state index in [1.165, 1.54) is 40.7 Å². The first-order valence-electron chi connectivity index (χ1n) is 8.78. The summed E-state index contributed by atoms with van der Waals surface area (Å²) in [6.45, 7) is 6.74. The number of amides is 1. The Labute approximate surface area is 159 Å². The van der Waals surface area contributed by atoms with Gasteiger partial charge in [-0.25, -0.2) is 12.8 Å². The highest BCUT2D eigenvalue weighted by atomic mass is 32.2. The summed E-state index contributed by atoms with van der Waals surface area (Å²) in [4.78, 5) is 12.6. The predicted molar refractivity (Wildman–Crippen MR) is 105 cm³/mol. The standard InChI is InChI=1S/C19H24FN3O3S/c1-4-21-17-12-11-16(27(25,26)23(5-2)6-3)13-18(17)22-19(24)14-7-9-15(20)10-8-14/h7-13,21H,4-6H2,1-3H3,(H,22,24). The molecule has 0 saturated carbocycles. The van der Waals surface area contributed by atoms with E-state index in [9.17, 15) is 17.6 Å². The minimum absolute atomic E-state index is 0.0993. The first kappa shape index (κ1) is 20.9. The van der Waals surface area contributed by atoms with E-state index in [0.29, 0.717) is 31.0 Å². The lowest BCUT2D eigenvalue weighted by atomic mass is 10.2. The molecular weight excluding hydrogens is 369 g/mol. The maximum Gasteiger partial charge on any atom is 0.255 e. The SMILES string of the molecule is CCNc1ccc(S(=O)(=O)N(CC)CC)cc1NC(=O)c1ccc(F)cc1. The van der Waals surface area contributed by atoms with Gasteiger partial charge in [0.25, 0.3) is 5.91 Å². The summed E-state index contributed by atoms with van der Waals surface area (Å²) in [5, 5.41) is 5.81. The molecule has 0 aliphatic rings. The first-order valence-corrected chi connectivity index (χ1v) is 10.2. The fraction of sp³-hybridized carbons (Fsp3) is 0.316. The van der Waals surface area contributed by atoms with Gasteiger partial charge in [0, 0.05) is 25.2 Å². The first-order chi connectivity index (χ1) is 12.8. The van der Waals surface area contributed by atoms with Crippen molar-refractivity contribution < 1.29 is 17.6 Å². The van der Waals surface area contributed by atoms with Crippen LogP contribution in [0.5, 0.6) is 0 Å². The molecule has 0 aliphatic heterocycles. The van der Waals surface area contributed by atoms with E-state index in [1.807, 2.05) is 6.92 Å². The lowest BCUT2D eigenvalue weighted by molar-refractivity contribution is 0.102. The molecular formula is C19H24FN3O3S. The van der Waals surface area contributed by atoms with Crippen LogP contribution in [0, 0.1) is 5.82 Å². The fourth-order valence-corrected chi connectivity index (χ4v) is 4.12. The molecule has 0 atom stereocenters. The van der Waals surface area contributed by atoms with Gasteiger partial charge in [-0.05, 0) is 49.4 Å². The van der Waals surface area contributed by atoms with Crippen LogP contribution in [-0.2, 0) is 10.0 Å². The lowest BCUT2D eigenvalue weighted by Crippen LogP contribution is -2.30. The predicted octanol–water partition coefficient (Wildman–Crippen LogP) is 3.54. The van der Waals surface area contributed by atoms with Gasteiger partial charge in [-0.3, -0.25) is 4.79 Å². The van der Waals surface area contributed by atoms with Crippen molar-refractivity contribution in [3.8, 4) is 0 Å². The number of halogens is 1. The van der Waals surface area contributed by atoms with Gasteiger partial charge in [0.05, 0.1) is 16.3 Å². The third kappa shape index (κ3) is 4.84. The zero-order valence-corrected chi connectivity index (χ0v) is 16.4. The van der Waals surface area contributed by atoms with Crippen LogP contribution in [0.3, 0.4) is 0 Å². The molecule has 2 aromatic rings. The monoisotopic (exact) mass is 393 g/mol. The van der Waals surface area contributed by atoms with E-state index >= 15 is 0 Å². The maximum absolute atomic E-state index is 13.1. The molecule has 1 amide bonds. The number of rotatable bonds is 8. The maximum atomic E-state index is 13.1. The number of nitrogens with one attached hydrogen (secondary N) is 2. The van der Waals surface area contributed by atoms with Crippen LogP contribution in [-0.4, -0.2) is 38.3 Å². The molecule has 2 N–H and O–H groups in total. The van der Waals surface area contributed by atoms with Crippen molar-refractivity contribution in [2.24, 2.45) is 0 Å². The van der Waals surface area contributed by atoms with Crippen LogP contribution < -0.4 is 10.6 Å². The summed E-state index contributed by atoms with van der Waals surface area (Å²) in [6, 6.07) is 9.71. The van der Waals surface area contributed by atoms with Crippen LogP contribution in [0.1, 0.15) is 31.1 Å². The van der Waals surface area contributed by atoms with E-state index in [4.69, 9.17) is 0 Å². The third-order valence-electron chi connectivity index (χ3n) is 4.06. The molecule has 0 bridgehead atoms. The number of anilines is 2. The molecule has 0 unspecified atom stereocenters. The van der Waals surface area contributed by atoms with Crippen LogP contribution in [0.15, 0.2) is 47.4 Å². The summed E-state index contributed by atoms with van der Waals surface area (Å²) >= 11 is 0. The number of sulfonamides is 1. The van der Waals surface area contributed by atoms with Crippen LogP contribution in [0.2, 0.25) is 0 Å². The summed E-state index contributed by atoms with van der Waals surface area (Å²) in [5.74, 6) is -0.890. The molecule has 27 heavy (non-hydrogen) atoms. The molecule has 0 aliphatic carbocycles. The summed E-state index contributed by atoms with van der Waals surface area (Å²) in [7, 11) is -3.66. The Morgan fingerprint density at radius 1 is 1.00 bits per heavy atom. The summed E-state index contributed by atoms with van der Waals surface area (Å²) < 4.78 is 39.9. The molecule has 0 radical (unpaired) electrons. The molecule has 0 spiro atoms. The number of benzene rings is 2. The van der Waals surface area contributed by atoms with Crippen LogP contribution >= 0.6 is 0 Å². The Morgan fingerprint density at radius 2 is 1.63 bits per heavy atom. The Balaban J connectivity index is 2.41. The molecule has 8 heteroatoms. The number of carbonyl (C=O) groups is 1. The fourth-order valence-electron chi connectivity index (χ4n) is 2.64. The molecule has 0 saturated heterocycles. The molecule has 0 heterocycles. The molecule has 2 aromatic carbocycles. The second-order valence-electron chi connectivity index (χ2n) is 5.79. The molecule has 0 aromatic heterocycles. The van der Waals surface area contributed by atoms with Crippen molar-refractivity contribution >= 4 is 27.3 Å². The van der Waals surface area contributed by atoms with Gasteiger partial charge >= 0.3 is 0 Å². The minimum atomic E-state index is -3.66. The van der Waals surface area contributed by atoms with E-state index in [0.717, 1.165) is 0 Å². The average Bonchev–Trinajstić information content (AvgIpc) is 2.64. The van der Waals surface area contributed by atoms with Gasteiger partial charge in [-0.15, -0.1) is 0 Å². The molecule has 146 valence electrons. The normalized spacial score (nSPS) is 11.4. The van der Waals surface area contributed by atoms with Crippen molar-refractivity contribution in [1.29, 1.82) is 0 Å². The van der Waals surface area contributed by atoms with Gasteiger partial charge in [0.2, 0.25) is 10.0 Å². The quantitative estimate of drug-likeness (QED) is 0.719. The molecule has 0 fully saturated rings. The number of nitrogens with zero attached hydrogens (tertiary/aromatic N) is 1. The average molecular weight is 393 g/mol. The largest absolute Gasteiger partial charge is 0.384 e. The smallest absolute Gasteiger partial charge is 0.255 e. The number of hydrogen-bond acceptors (Lipinski definition) is 4. The molecule has 2 rings (SSSR count). The second-order valence-corrected chi connectivity index (χ2v) is 7.73. The van der Waals surface area contributed by atoms with E-state index in [1.54, 1.807) is 19.9 Å². The third-order valence-corrected chi connectivity index (χ3v) is 6.10. The van der Waals surface area contributed by atoms with E-state index < -0.39 is 21.7 Å². The van der Waals surface area contributed by atoms with Crippen molar-refractivity contribution in [2.75, 3.05) is 30.3 Å². The Bertz CT molecular complexity index is 895. The lowest BCUT2D eigenvalue weighted by Gasteiger charge is -2.20. The topological polar surface area (TPSA) is 78.5 Å². The van der Waals surface area contributed by atoms with Gasteiger partial charge in [-0.2, -0.15) is 4.31 Å². The highest BCUT2D eigenvalue weighted by Crippen LogP contribution is 2.28. The minimum Gasteiger partial charge on any atom is -0.384 e. The summed E-state index contributed by atoms with van der Waals surface area (Å²) in [6.07, 6.45) is 0. The van der Waals surface area contributed by atoms with Crippen molar-refractivity contribution in [3.05, 3.63) is 53.8 Å². The van der Waals surface area contributed by atoms with E-state index in [-0.39, 0.29) is 10.5 Å². The van der Waals surface area contributed by atoms with Crippen LogP contribution in [0.4, 0.5) is 15.8 Å². The van der Waals surface area contributed by atoms with Gasteiger partial charge in [0.15, 0.2) is 0 Å². The Hall–Kier alpha value is -2.45. The van der Waals surface area contributed by atoms with Crippen molar-refractivity contribution in [2.45, 2.75) is 25.7 Å².